The zero-order valence-corrected chi connectivity index (χ0v) is 92.2. The van der Waals surface area contributed by atoms with Crippen molar-refractivity contribution in [1.29, 1.82) is 0 Å². The van der Waals surface area contributed by atoms with Crippen LogP contribution < -0.4 is 0 Å². The summed E-state index contributed by atoms with van der Waals surface area (Å²) in [5, 5.41) is 115. The molecule has 0 saturated carbocycles. The van der Waals surface area contributed by atoms with Gasteiger partial charge in [-0.1, -0.05) is 548 Å². The molecule has 1 aliphatic rings. The highest BCUT2D eigenvalue weighted by Gasteiger charge is 2.45. The lowest BCUT2D eigenvalue weighted by Gasteiger charge is -2.33. The summed E-state index contributed by atoms with van der Waals surface area (Å²) in [7, 11) is 19.2. The Bertz CT molecular complexity index is 4310. The van der Waals surface area contributed by atoms with Crippen LogP contribution in [-0.4, -0.2) is 228 Å². The van der Waals surface area contributed by atoms with Gasteiger partial charge in [-0.15, -0.1) is 0 Å². The molecule has 18 nitrogen and oxygen atoms in total. The first-order valence-corrected chi connectivity index (χ1v) is 47.7. The van der Waals surface area contributed by atoms with E-state index in [1.165, 1.54) is 80.3 Å². The Morgan fingerprint density at radius 2 is 0.333 bits per heavy atom. The third-order valence-corrected chi connectivity index (χ3v) is 17.1. The van der Waals surface area contributed by atoms with E-state index in [1.54, 1.807) is 26.0 Å². The highest BCUT2D eigenvalue weighted by molar-refractivity contribution is 7.97. The van der Waals surface area contributed by atoms with Crippen LogP contribution in [0.3, 0.4) is 0 Å². The zero-order chi connectivity index (χ0) is 114. The summed E-state index contributed by atoms with van der Waals surface area (Å²) in [5.74, 6) is 0.167. The molecule has 0 fully saturated rings. The minimum absolute atomic E-state index is 0.127. The summed E-state index contributed by atoms with van der Waals surface area (Å²) in [6.45, 7) is 7.62. The molecule has 0 radical (unpaired) electrons. The number of hydrogen-bond donors (Lipinski definition) is 16. The van der Waals surface area contributed by atoms with E-state index in [0.717, 1.165) is 120 Å². The minimum atomic E-state index is -0.254. The molecule has 1 aliphatic carbocycles. The van der Waals surface area contributed by atoms with Crippen molar-refractivity contribution in [2.45, 2.75) is 44.9 Å². The Balaban J connectivity index is -0.000000135. The van der Waals surface area contributed by atoms with Gasteiger partial charge in [-0.3, -0.25) is 0 Å². The van der Waals surface area contributed by atoms with Gasteiger partial charge >= 0.3 is 0 Å². The van der Waals surface area contributed by atoms with Crippen molar-refractivity contribution in [1.82, 2.24) is 0 Å². The summed E-state index contributed by atoms with van der Waals surface area (Å²) < 4.78 is 4.25. The Morgan fingerprint density at radius 3 is 0.483 bits per heavy atom. The van der Waals surface area contributed by atoms with Crippen molar-refractivity contribution in [2.24, 2.45) is 0 Å². The van der Waals surface area contributed by atoms with E-state index in [2.05, 4.69) is 286 Å². The monoisotopic (exact) mass is 2040 g/mol. The summed E-state index contributed by atoms with van der Waals surface area (Å²) >= 11 is 1.75. The Hall–Kier alpha value is -13.7. The number of Topliss-reactive ketones (excluding diaryl/α,β-unsaturated/α-hetero) is 1. The van der Waals surface area contributed by atoms with E-state index in [0.29, 0.717) is 0 Å². The number of benzene rings is 17. The van der Waals surface area contributed by atoms with Crippen LogP contribution in [0.1, 0.15) is 67.5 Å². The number of carbonyl (C=O) groups is 1. The average molecular weight is 2040 g/mol. The molecule has 19 heteroatoms. The smallest absolute Gasteiger partial charge is 0.126 e. The molecule has 0 aliphatic heterocycles. The Morgan fingerprint density at radius 1 is 0.218 bits per heavy atom. The lowest BCUT2D eigenvalue weighted by Crippen LogP contribution is -2.28. The molecule has 147 heavy (non-hydrogen) atoms. The molecule has 0 saturated heterocycles. The van der Waals surface area contributed by atoms with Gasteiger partial charge in [0.25, 0.3) is 0 Å². The van der Waals surface area contributed by atoms with E-state index in [4.69, 9.17) is 81.7 Å². The van der Waals surface area contributed by atoms with E-state index in [9.17, 15) is 4.79 Å². The minimum Gasteiger partial charge on any atom is -0.400 e. The number of thioether (sulfide) groups is 1. The van der Waals surface area contributed by atoms with Crippen LogP contribution in [0.4, 0.5) is 0 Å². The van der Waals surface area contributed by atoms with Gasteiger partial charge in [-0.2, -0.15) is 11.8 Å². The number of rotatable bonds is 6. The maximum Gasteiger partial charge on any atom is 0.126 e. The summed E-state index contributed by atoms with van der Waals surface area (Å²) in [6, 6.07) is 182. The largest absolute Gasteiger partial charge is 0.400 e. The molecule has 18 rings (SSSR count). The standard InChI is InChI=1S/C25H18.C16H18.C12H10.C10H8.7C6H6.C3H6O.C2H6O.C2H6S.16CH4O/c1-3-11-19(12-4-1)25(20-13-5-2-6-14-20)23-17-9-7-15-21(23)22-16-8-10-18-24(22)25;1-3-16(2,14-10-6-4-7-11-14)15-12-8-5-9-13-15;1-3-7-11(8-4-1)12-9-5-2-6-10-12;1-2-6-10-8-4-3-7-9(10)5-1;7*1-2-4-6-5-3-1;1-3(2)4;2*1-3-2;16*1-2/h1-18H;4-13H,3H2,1-2H3;1-10H;1-8H;7*1-6H;1-2H3;2*1-2H3;16*2H,1H3. The van der Waals surface area contributed by atoms with Crippen molar-refractivity contribution in [3.8, 4) is 22.3 Å². The van der Waals surface area contributed by atoms with Gasteiger partial charge in [-0.05, 0) is 99.2 Å². The number of aliphatic hydroxyl groups is 16. The molecule has 0 unspecified atom stereocenters. The molecule has 16 N–H and O–H groups in total. The molecule has 804 valence electrons. The van der Waals surface area contributed by atoms with Gasteiger partial charge in [0.05, 0.1) is 5.41 Å². The quantitative estimate of drug-likeness (QED) is 0.0735. The molecule has 0 aromatic heterocycles. The van der Waals surface area contributed by atoms with Crippen LogP contribution in [0, 0.1) is 0 Å². The van der Waals surface area contributed by atoms with E-state index < -0.39 is 0 Å². The van der Waals surface area contributed by atoms with E-state index >= 15 is 0 Å². The number of carbonyl (C=O) groups excluding carboxylic acids is 1. The summed E-state index contributed by atoms with van der Waals surface area (Å²) in [5.41, 5.74) is 13.3. The van der Waals surface area contributed by atoms with Gasteiger partial charge in [0.1, 0.15) is 5.78 Å². The number of ether oxygens (including phenoxy) is 1. The lowest BCUT2D eigenvalue weighted by atomic mass is 9.68. The van der Waals surface area contributed by atoms with Crippen LogP contribution in [0.15, 0.2) is 534 Å². The van der Waals surface area contributed by atoms with Crippen LogP contribution in [-0.2, 0) is 20.4 Å². The molecule has 0 heterocycles. The SMILES string of the molecule is CC(C)=O.CCC(C)(c1ccccc1)c1ccccc1.CO.CO.CO.CO.CO.CO.CO.CO.CO.CO.CO.CO.CO.CO.CO.CO.COC.CSC.c1ccc(-c2ccccc2)cc1.c1ccc(C2(c3ccccc3)c3ccccc3-c3ccccc32)cc1.c1ccc2ccccc2c1.c1ccccc1.c1ccccc1.c1ccccc1.c1ccccc1.c1ccccc1.c1ccccc1.c1ccccc1. The Kier molecular flexibility index (Phi) is 150. The van der Waals surface area contributed by atoms with Crippen molar-refractivity contribution in [2.75, 3.05) is 140 Å². The van der Waals surface area contributed by atoms with Gasteiger partial charge in [-0.25, -0.2) is 0 Å². The normalized spacial score (nSPS) is 8.44. The van der Waals surface area contributed by atoms with Gasteiger partial charge in [0, 0.05) is 133 Å². The van der Waals surface area contributed by atoms with E-state index in [-0.39, 0.29) is 16.6 Å². The first-order valence-electron chi connectivity index (χ1n) is 46.1. The number of aliphatic hydroxyl groups excluding tert-OH is 16. The predicted octanol–water partition coefficient (Wildman–Crippen LogP) is 24.0. The van der Waals surface area contributed by atoms with Crippen LogP contribution in [0.2, 0.25) is 0 Å². The molecule has 0 amide bonds. The molecular weight excluding hydrogens is 1860 g/mol. The van der Waals surface area contributed by atoms with Crippen LogP contribution >= 0.6 is 11.8 Å². The highest BCUT2D eigenvalue weighted by atomic mass is 32.2. The summed E-state index contributed by atoms with van der Waals surface area (Å²) in [6.07, 6.45) is 5.20. The second-order valence-electron chi connectivity index (χ2n) is 25.9. The van der Waals surface area contributed by atoms with Crippen molar-refractivity contribution in [3.63, 3.8) is 0 Å². The topological polar surface area (TPSA) is 350 Å². The fourth-order valence-corrected chi connectivity index (χ4v) is 11.7. The molecule has 17 aromatic carbocycles. The molecule has 0 bridgehead atoms. The molecule has 0 spiro atoms. The van der Waals surface area contributed by atoms with Crippen molar-refractivity contribution >= 4 is 28.3 Å². The molecule has 17 aromatic rings. The first kappa shape index (κ1) is 159. The number of hydrogen-bond acceptors (Lipinski definition) is 19. The molecular formula is C128H178O18S. The van der Waals surface area contributed by atoms with Crippen LogP contribution in [0.5, 0.6) is 0 Å². The lowest BCUT2D eigenvalue weighted by molar-refractivity contribution is -0.115. The average Bonchev–Trinajstić information content (AvgIpc) is 1.54. The first-order chi connectivity index (χ1) is 72.7. The molecule has 0 atom stereocenters. The fraction of sp³-hybridized carbons (Fsp3) is 0.211. The maximum absolute atomic E-state index is 9.44. The third kappa shape index (κ3) is 84.3. The highest BCUT2D eigenvalue weighted by Crippen LogP contribution is 2.56. The Labute approximate surface area is 888 Å². The number of ketones is 1. The van der Waals surface area contributed by atoms with Gasteiger partial charge < -0.3 is 91.2 Å². The fourth-order valence-electron chi connectivity index (χ4n) is 11.7. The van der Waals surface area contributed by atoms with Crippen LogP contribution in [0.25, 0.3) is 33.0 Å². The van der Waals surface area contributed by atoms with Crippen molar-refractivity contribution < 1.29 is 91.2 Å². The number of methoxy groups -OCH3 is 1. The van der Waals surface area contributed by atoms with E-state index in [1.807, 2.05) is 279 Å². The zero-order valence-electron chi connectivity index (χ0n) is 91.4. The van der Waals surface area contributed by atoms with Crippen molar-refractivity contribution in [3.05, 3.63) is 567 Å². The second kappa shape index (κ2) is 139. The summed E-state index contributed by atoms with van der Waals surface area (Å²) in [4.78, 5) is 9.44. The number of fused-ring (bicyclic) bond motifs is 4. The predicted molar refractivity (Wildman–Crippen MR) is 633 cm³/mol. The third-order valence-electron chi connectivity index (χ3n) is 17.1. The van der Waals surface area contributed by atoms with Gasteiger partial charge in [0.15, 0.2) is 0 Å². The second-order valence-corrected chi connectivity index (χ2v) is 26.7. The maximum atomic E-state index is 9.44. The van der Waals surface area contributed by atoms with Gasteiger partial charge in [0.2, 0.25) is 0 Å².